The van der Waals surface area contributed by atoms with Gasteiger partial charge in [0.1, 0.15) is 19.5 Å². The van der Waals surface area contributed by atoms with E-state index in [2.05, 4.69) is 11.4 Å². The first-order chi connectivity index (χ1) is 29.4. The summed E-state index contributed by atoms with van der Waals surface area (Å²) in [5.41, 5.74) is 8.72. The number of ether oxygens (including phenoxy) is 4. The number of unbranched alkanes of at least 4 members (excludes halogenated alkanes) is 2. The lowest BCUT2D eigenvalue weighted by Crippen LogP contribution is -2.39. The van der Waals surface area contributed by atoms with E-state index in [0.29, 0.717) is 76.3 Å². The third-order valence-corrected chi connectivity index (χ3v) is 12.5. The Morgan fingerprint density at radius 1 is 0.767 bits per heavy atom. The monoisotopic (exact) mass is 823 g/mol. The quantitative estimate of drug-likeness (QED) is 0.0816. The van der Waals surface area contributed by atoms with Crippen molar-refractivity contribution in [3.63, 3.8) is 0 Å². The zero-order chi connectivity index (χ0) is 41.2. The van der Waals surface area contributed by atoms with E-state index in [1.807, 2.05) is 76.7 Å². The zero-order valence-corrected chi connectivity index (χ0v) is 34.3. The number of aliphatic imine (C=N–C) groups is 1. The SMILES string of the molecule is COc1cc2c(cc1OCc1cc(CSCCCCC=O)cc(COc3cc4c(cc3OC)C(=O)N3c5ccccc5C[C@H]3CN4)n1)N=C[C@@H]1Cc3ccccc3N1C2=O. The third-order valence-electron chi connectivity index (χ3n) is 11.4. The molecular weight excluding hydrogens is 779 g/mol. The van der Waals surface area contributed by atoms with Crippen molar-refractivity contribution in [3.8, 4) is 23.0 Å². The molecule has 4 aliphatic heterocycles. The number of para-hydroxylation sites is 2. The van der Waals surface area contributed by atoms with E-state index in [1.165, 1.54) is 5.56 Å². The first-order valence-electron chi connectivity index (χ1n) is 20.2. The zero-order valence-electron chi connectivity index (χ0n) is 33.5. The number of amides is 2. The molecule has 12 nitrogen and oxygen atoms in total. The molecule has 60 heavy (non-hydrogen) atoms. The molecule has 2 amide bonds. The first kappa shape index (κ1) is 39.1. The number of carbonyl (C=O) groups is 3. The lowest BCUT2D eigenvalue weighted by atomic mass is 10.1. The van der Waals surface area contributed by atoms with Crippen molar-refractivity contribution in [2.45, 2.75) is 63.2 Å². The number of fused-ring (bicyclic) bond motifs is 8. The Labute approximate surface area is 352 Å². The highest BCUT2D eigenvalue weighted by Gasteiger charge is 2.38. The largest absolute Gasteiger partial charge is 0.493 e. The van der Waals surface area contributed by atoms with E-state index in [-0.39, 0.29) is 37.1 Å². The number of aldehydes is 1. The number of hydrogen-bond acceptors (Lipinski definition) is 11. The van der Waals surface area contributed by atoms with Crippen LogP contribution < -0.4 is 34.1 Å². The highest BCUT2D eigenvalue weighted by atomic mass is 32.2. The van der Waals surface area contributed by atoms with E-state index in [9.17, 15) is 14.4 Å². The highest BCUT2D eigenvalue weighted by Crippen LogP contribution is 2.43. The van der Waals surface area contributed by atoms with E-state index in [1.54, 1.807) is 44.2 Å². The first-order valence-corrected chi connectivity index (χ1v) is 21.4. The van der Waals surface area contributed by atoms with Crippen molar-refractivity contribution < 1.29 is 33.3 Å². The maximum absolute atomic E-state index is 14.0. The van der Waals surface area contributed by atoms with E-state index >= 15 is 0 Å². The van der Waals surface area contributed by atoms with Crippen LogP contribution in [0.5, 0.6) is 23.0 Å². The van der Waals surface area contributed by atoms with Crippen LogP contribution in [-0.2, 0) is 36.6 Å². The summed E-state index contributed by atoms with van der Waals surface area (Å²) in [6.45, 7) is 0.856. The summed E-state index contributed by atoms with van der Waals surface area (Å²) in [4.78, 5) is 52.1. The molecule has 2 atom stereocenters. The molecule has 0 saturated heterocycles. The molecule has 0 radical (unpaired) electrons. The average molecular weight is 824 g/mol. The Kier molecular flexibility index (Phi) is 11.2. The van der Waals surface area contributed by atoms with Gasteiger partial charge in [-0.25, -0.2) is 0 Å². The van der Waals surface area contributed by atoms with Gasteiger partial charge in [-0.1, -0.05) is 36.4 Å². The molecule has 5 heterocycles. The normalized spacial score (nSPS) is 17.0. The molecule has 5 aromatic rings. The lowest BCUT2D eigenvalue weighted by molar-refractivity contribution is -0.107. The van der Waals surface area contributed by atoms with Crippen molar-refractivity contribution in [3.05, 3.63) is 124 Å². The number of hydrogen-bond donors (Lipinski definition) is 1. The molecule has 0 bridgehead atoms. The molecule has 306 valence electrons. The summed E-state index contributed by atoms with van der Waals surface area (Å²) in [6, 6.07) is 26.9. The van der Waals surface area contributed by atoms with Crippen molar-refractivity contribution >= 4 is 58.8 Å². The number of thioether (sulfide) groups is 1. The number of aromatic nitrogens is 1. The number of anilines is 3. The van der Waals surface area contributed by atoms with Gasteiger partial charge < -0.3 is 34.0 Å². The number of rotatable bonds is 15. The van der Waals surface area contributed by atoms with Gasteiger partial charge in [0, 0.05) is 54.9 Å². The number of pyridine rings is 1. The van der Waals surface area contributed by atoms with E-state index in [4.69, 9.17) is 28.9 Å². The number of carbonyl (C=O) groups excluding carboxylic acids is 3. The van der Waals surface area contributed by atoms with Gasteiger partial charge >= 0.3 is 0 Å². The van der Waals surface area contributed by atoms with Crippen LogP contribution in [0, 0.1) is 0 Å². The molecule has 9 rings (SSSR count). The Hall–Kier alpha value is -6.34. The number of nitrogens with zero attached hydrogens (tertiary/aromatic N) is 4. The fraction of sp³-hybridized carbons (Fsp3) is 0.298. The predicted molar refractivity (Wildman–Crippen MR) is 233 cm³/mol. The minimum atomic E-state index is -0.173. The molecule has 0 saturated carbocycles. The second-order valence-corrected chi connectivity index (χ2v) is 16.3. The maximum atomic E-state index is 14.0. The average Bonchev–Trinajstić information content (AvgIpc) is 3.76. The fourth-order valence-corrected chi connectivity index (χ4v) is 9.43. The summed E-state index contributed by atoms with van der Waals surface area (Å²) >= 11 is 1.79. The number of nitrogens with one attached hydrogen (secondary N) is 1. The van der Waals surface area contributed by atoms with Crippen molar-refractivity contribution in [2.24, 2.45) is 4.99 Å². The molecule has 0 fully saturated rings. The second kappa shape index (κ2) is 17.1. The molecule has 13 heteroatoms. The van der Waals surface area contributed by atoms with Crippen LogP contribution in [0.25, 0.3) is 0 Å². The summed E-state index contributed by atoms with van der Waals surface area (Å²) in [7, 11) is 3.12. The minimum absolute atomic E-state index is 0.00462. The summed E-state index contributed by atoms with van der Waals surface area (Å²) in [5, 5.41) is 3.50. The number of benzene rings is 4. The van der Waals surface area contributed by atoms with Gasteiger partial charge in [0.15, 0.2) is 23.0 Å². The van der Waals surface area contributed by atoms with Crippen LogP contribution in [0.4, 0.5) is 22.7 Å². The molecule has 1 N–H and O–H groups in total. The highest BCUT2D eigenvalue weighted by molar-refractivity contribution is 7.98. The minimum Gasteiger partial charge on any atom is -0.493 e. The maximum Gasteiger partial charge on any atom is 0.261 e. The van der Waals surface area contributed by atoms with Crippen LogP contribution in [0.1, 0.15) is 68.1 Å². The van der Waals surface area contributed by atoms with Gasteiger partial charge in [-0.2, -0.15) is 11.8 Å². The Morgan fingerprint density at radius 2 is 1.42 bits per heavy atom. The van der Waals surface area contributed by atoms with E-state index in [0.717, 1.165) is 59.6 Å². The molecular formula is C47H45N5O7S. The summed E-state index contributed by atoms with van der Waals surface area (Å²) < 4.78 is 24.3. The van der Waals surface area contributed by atoms with Crippen LogP contribution in [0.3, 0.4) is 0 Å². The fourth-order valence-electron chi connectivity index (χ4n) is 8.48. The molecule has 0 spiro atoms. The summed E-state index contributed by atoms with van der Waals surface area (Å²) in [6.07, 6.45) is 6.68. The molecule has 4 aliphatic rings. The third kappa shape index (κ3) is 7.65. The molecule has 0 aliphatic carbocycles. The van der Waals surface area contributed by atoms with Gasteiger partial charge in [0.25, 0.3) is 11.8 Å². The van der Waals surface area contributed by atoms with Crippen LogP contribution in [0.15, 0.2) is 89.9 Å². The van der Waals surface area contributed by atoms with Crippen molar-refractivity contribution in [1.29, 1.82) is 0 Å². The van der Waals surface area contributed by atoms with Gasteiger partial charge in [-0.05, 0) is 78.1 Å². The predicted octanol–water partition coefficient (Wildman–Crippen LogP) is 8.14. The lowest BCUT2D eigenvalue weighted by Gasteiger charge is -2.22. The van der Waals surface area contributed by atoms with Crippen LogP contribution >= 0.6 is 11.8 Å². The smallest absolute Gasteiger partial charge is 0.261 e. The van der Waals surface area contributed by atoms with Gasteiger partial charge in [0.2, 0.25) is 0 Å². The Bertz CT molecular complexity index is 2510. The molecule has 1 aromatic heterocycles. The van der Waals surface area contributed by atoms with Gasteiger partial charge in [-0.15, -0.1) is 0 Å². The number of methoxy groups -OCH3 is 2. The standard InChI is InChI=1S/C47H45N5O7S/c1-56-42-20-36-38(48-24-34-18-30-10-4-6-12-40(30)51(34)46(36)54)22-44(42)58-26-32-16-29(28-60-15-9-3-8-14-53)17-33(50-32)27-59-45-23-39-37(21-43(45)57-2)47(55)52-35(25-49-39)19-31-11-5-7-13-41(31)52/h4-7,10-14,16-17,20-24,34-35,49H,3,8-9,15,18-19,25-28H2,1-2H3/t34-,35-/m0/s1. The van der Waals surface area contributed by atoms with Crippen LogP contribution in [-0.4, -0.2) is 67.9 Å². The van der Waals surface area contributed by atoms with Crippen molar-refractivity contribution in [1.82, 2.24) is 4.98 Å². The van der Waals surface area contributed by atoms with Gasteiger partial charge in [-0.3, -0.25) is 24.5 Å². The van der Waals surface area contributed by atoms with Gasteiger partial charge in [0.05, 0.1) is 60.2 Å². The Morgan fingerprint density at radius 3 is 2.13 bits per heavy atom. The molecule has 4 aromatic carbocycles. The Balaban J connectivity index is 0.948. The van der Waals surface area contributed by atoms with Crippen molar-refractivity contribution in [2.75, 3.05) is 41.6 Å². The van der Waals surface area contributed by atoms with E-state index < -0.39 is 0 Å². The topological polar surface area (TPSA) is 132 Å². The van der Waals surface area contributed by atoms with Crippen LogP contribution in [0.2, 0.25) is 0 Å². The summed E-state index contributed by atoms with van der Waals surface area (Å²) in [5.74, 6) is 3.24. The molecule has 0 unspecified atom stereocenters. The second-order valence-electron chi connectivity index (χ2n) is 15.2.